The number of benzene rings is 3. The number of carbonyl (C=O) groups excluding carboxylic acids is 2. The lowest BCUT2D eigenvalue weighted by atomic mass is 9.94. The van der Waals surface area contributed by atoms with Crippen molar-refractivity contribution in [2.75, 3.05) is 19.0 Å². The lowest BCUT2D eigenvalue weighted by Crippen LogP contribution is -2.36. The highest BCUT2D eigenvalue weighted by molar-refractivity contribution is 5.96. The molecule has 3 aromatic carbocycles. The van der Waals surface area contributed by atoms with E-state index in [-0.39, 0.29) is 17.9 Å². The Morgan fingerprint density at radius 2 is 1.86 bits per heavy atom. The molecule has 36 heavy (non-hydrogen) atoms. The molecule has 0 aromatic heterocycles. The van der Waals surface area contributed by atoms with Gasteiger partial charge in [0.15, 0.2) is 0 Å². The van der Waals surface area contributed by atoms with E-state index in [0.29, 0.717) is 42.6 Å². The van der Waals surface area contributed by atoms with Gasteiger partial charge in [-0.2, -0.15) is 13.2 Å². The van der Waals surface area contributed by atoms with Gasteiger partial charge in [-0.1, -0.05) is 24.3 Å². The molecule has 5 nitrogen and oxygen atoms in total. The largest absolute Gasteiger partial charge is 0.497 e. The minimum atomic E-state index is -4.80. The van der Waals surface area contributed by atoms with E-state index >= 15 is 0 Å². The molecule has 1 N–H and O–H groups in total. The number of ether oxygens (including phenoxy) is 1. The Morgan fingerprint density at radius 1 is 1.08 bits per heavy atom. The number of amides is 2. The first-order chi connectivity index (χ1) is 17.1. The quantitative estimate of drug-likeness (QED) is 0.468. The predicted octanol–water partition coefficient (Wildman–Crippen LogP) is 5.54. The van der Waals surface area contributed by atoms with E-state index in [1.54, 1.807) is 29.2 Å². The number of hydrogen-bond donors (Lipinski definition) is 1. The molecule has 1 aliphatic rings. The summed E-state index contributed by atoms with van der Waals surface area (Å²) in [6, 6.07) is 13.2. The number of hydrogen-bond acceptors (Lipinski definition) is 3. The number of aryl methyl sites for hydroxylation is 1. The third-order valence-corrected chi connectivity index (χ3v) is 6.18. The fraction of sp³-hybridized carbons (Fsp3) is 0.259. The second-order valence-corrected chi connectivity index (χ2v) is 8.64. The number of nitrogens with zero attached hydrogens (tertiary/aromatic N) is 1. The Balaban J connectivity index is 1.49. The molecule has 3 aromatic rings. The zero-order chi connectivity index (χ0) is 26.0. The van der Waals surface area contributed by atoms with Gasteiger partial charge in [0.05, 0.1) is 19.1 Å². The van der Waals surface area contributed by atoms with Crippen LogP contribution in [0.5, 0.6) is 5.75 Å². The first-order valence-electron chi connectivity index (χ1n) is 11.3. The normalized spacial score (nSPS) is 13.2. The fourth-order valence-corrected chi connectivity index (χ4v) is 4.33. The SMILES string of the molecule is COc1cccc(C(=O)N2CCc3c(ccc(C)c3NC(=O)Cc3ccc(C(F)(F)F)c(F)c3)C2)c1. The predicted molar refractivity (Wildman–Crippen MR) is 126 cm³/mol. The van der Waals surface area contributed by atoms with E-state index in [0.717, 1.165) is 28.8 Å². The van der Waals surface area contributed by atoms with Gasteiger partial charge in [-0.15, -0.1) is 0 Å². The summed E-state index contributed by atoms with van der Waals surface area (Å²) in [6.45, 7) is 2.64. The number of nitrogens with one attached hydrogen (secondary N) is 1. The van der Waals surface area contributed by atoms with Crippen LogP contribution < -0.4 is 10.1 Å². The Kier molecular flexibility index (Phi) is 7.01. The summed E-state index contributed by atoms with van der Waals surface area (Å²) in [5.74, 6) is -1.43. The molecule has 0 radical (unpaired) electrons. The summed E-state index contributed by atoms with van der Waals surface area (Å²) < 4.78 is 57.5. The van der Waals surface area contributed by atoms with E-state index in [2.05, 4.69) is 5.32 Å². The Morgan fingerprint density at radius 3 is 2.56 bits per heavy atom. The minimum Gasteiger partial charge on any atom is -0.497 e. The maximum atomic E-state index is 13.9. The third-order valence-electron chi connectivity index (χ3n) is 6.18. The number of methoxy groups -OCH3 is 1. The molecule has 0 saturated heterocycles. The van der Waals surface area contributed by atoms with E-state index in [1.165, 1.54) is 7.11 Å². The number of carbonyl (C=O) groups is 2. The highest BCUT2D eigenvalue weighted by atomic mass is 19.4. The molecule has 188 valence electrons. The topological polar surface area (TPSA) is 58.6 Å². The number of halogens is 4. The summed E-state index contributed by atoms with van der Waals surface area (Å²) in [4.78, 5) is 27.4. The van der Waals surface area contributed by atoms with Crippen molar-refractivity contribution in [1.82, 2.24) is 4.90 Å². The molecule has 0 bridgehead atoms. The van der Waals surface area contributed by atoms with Crippen LogP contribution in [0.2, 0.25) is 0 Å². The van der Waals surface area contributed by atoms with Gasteiger partial charge in [0.2, 0.25) is 5.91 Å². The van der Waals surface area contributed by atoms with Gasteiger partial charge in [0, 0.05) is 24.3 Å². The number of anilines is 1. The van der Waals surface area contributed by atoms with Crippen molar-refractivity contribution >= 4 is 17.5 Å². The Hall–Kier alpha value is -3.88. The van der Waals surface area contributed by atoms with E-state index < -0.39 is 23.5 Å². The molecule has 1 heterocycles. The summed E-state index contributed by atoms with van der Waals surface area (Å²) in [7, 11) is 1.53. The average Bonchev–Trinajstić information content (AvgIpc) is 2.84. The molecule has 9 heteroatoms. The van der Waals surface area contributed by atoms with Crippen molar-refractivity contribution in [2.45, 2.75) is 32.5 Å². The van der Waals surface area contributed by atoms with Crippen molar-refractivity contribution in [2.24, 2.45) is 0 Å². The minimum absolute atomic E-state index is 0.130. The van der Waals surface area contributed by atoms with Crippen molar-refractivity contribution in [3.63, 3.8) is 0 Å². The van der Waals surface area contributed by atoms with Gasteiger partial charge in [-0.25, -0.2) is 4.39 Å². The third kappa shape index (κ3) is 5.35. The zero-order valence-corrected chi connectivity index (χ0v) is 19.7. The van der Waals surface area contributed by atoms with Gasteiger partial charge < -0.3 is 15.0 Å². The van der Waals surface area contributed by atoms with E-state index in [1.807, 2.05) is 19.1 Å². The first-order valence-corrected chi connectivity index (χ1v) is 11.3. The lowest BCUT2D eigenvalue weighted by Gasteiger charge is -2.31. The summed E-state index contributed by atoms with van der Waals surface area (Å²) in [5, 5.41) is 2.84. The Labute approximate surface area is 205 Å². The molecule has 4 rings (SSSR count). The van der Waals surface area contributed by atoms with E-state index in [9.17, 15) is 27.2 Å². The summed E-state index contributed by atoms with van der Waals surface area (Å²) in [5.41, 5.74) is 2.49. The second-order valence-electron chi connectivity index (χ2n) is 8.64. The van der Waals surface area contributed by atoms with Gasteiger partial charge in [0.1, 0.15) is 11.6 Å². The van der Waals surface area contributed by atoms with E-state index in [4.69, 9.17) is 4.74 Å². The highest BCUT2D eigenvalue weighted by Gasteiger charge is 2.34. The molecular formula is C27H24F4N2O3. The second kappa shape index (κ2) is 10.0. The van der Waals surface area contributed by atoms with Crippen LogP contribution >= 0.6 is 0 Å². The number of alkyl halides is 3. The van der Waals surface area contributed by atoms with Gasteiger partial charge in [-0.3, -0.25) is 9.59 Å². The van der Waals surface area contributed by atoms with Gasteiger partial charge >= 0.3 is 6.18 Å². The van der Waals surface area contributed by atoms with Crippen molar-refractivity contribution in [3.8, 4) is 5.75 Å². The fourth-order valence-electron chi connectivity index (χ4n) is 4.33. The van der Waals surface area contributed by atoms with Crippen LogP contribution in [0.1, 0.15) is 38.2 Å². The van der Waals surface area contributed by atoms with Gasteiger partial charge in [0.25, 0.3) is 5.91 Å². The van der Waals surface area contributed by atoms with Crippen molar-refractivity contribution in [1.29, 1.82) is 0 Å². The molecular weight excluding hydrogens is 476 g/mol. The average molecular weight is 500 g/mol. The Bertz CT molecular complexity index is 1320. The monoisotopic (exact) mass is 500 g/mol. The number of rotatable bonds is 5. The molecule has 1 aliphatic heterocycles. The standard InChI is InChI=1S/C27H24F4N2O3/c1-16-6-8-19-15-33(26(35)18-4-3-5-20(14-18)36-2)11-10-21(19)25(16)32-24(34)13-17-7-9-22(23(28)12-17)27(29,30)31/h3-9,12,14H,10-11,13,15H2,1-2H3,(H,32,34). The zero-order valence-electron chi connectivity index (χ0n) is 19.7. The van der Waals surface area contributed by atoms with Crippen LogP contribution in [0.25, 0.3) is 0 Å². The summed E-state index contributed by atoms with van der Waals surface area (Å²) >= 11 is 0. The van der Waals surface area contributed by atoms with Crippen LogP contribution in [0.3, 0.4) is 0 Å². The molecule has 0 fully saturated rings. The van der Waals surface area contributed by atoms with Crippen LogP contribution in [0.4, 0.5) is 23.2 Å². The van der Waals surface area contributed by atoms with Crippen LogP contribution in [-0.2, 0) is 30.4 Å². The maximum absolute atomic E-state index is 13.9. The smallest absolute Gasteiger partial charge is 0.419 e. The molecule has 2 amide bonds. The molecule has 0 unspecified atom stereocenters. The number of fused-ring (bicyclic) bond motifs is 1. The van der Waals surface area contributed by atoms with Crippen molar-refractivity contribution < 1.29 is 31.9 Å². The first kappa shape index (κ1) is 25.2. The van der Waals surface area contributed by atoms with Crippen LogP contribution in [0, 0.1) is 12.7 Å². The lowest BCUT2D eigenvalue weighted by molar-refractivity contribution is -0.140. The maximum Gasteiger partial charge on any atom is 0.419 e. The highest BCUT2D eigenvalue weighted by Crippen LogP contribution is 2.33. The summed E-state index contributed by atoms with van der Waals surface area (Å²) in [6.07, 6.45) is -4.57. The molecule has 0 atom stereocenters. The van der Waals surface area contributed by atoms with Crippen molar-refractivity contribution in [3.05, 3.63) is 93.8 Å². The molecule has 0 spiro atoms. The molecule has 0 aliphatic carbocycles. The van der Waals surface area contributed by atoms with Gasteiger partial charge in [-0.05, 0) is 65.9 Å². The van der Waals surface area contributed by atoms with Crippen LogP contribution in [0.15, 0.2) is 54.6 Å². The van der Waals surface area contributed by atoms with Crippen LogP contribution in [-0.4, -0.2) is 30.4 Å². The molecule has 0 saturated carbocycles.